The maximum atomic E-state index is 12.2. The third-order valence-corrected chi connectivity index (χ3v) is 4.95. The molecule has 0 aliphatic rings. The molecule has 2 heterocycles. The Bertz CT molecular complexity index is 821. The molecule has 3 N–H and O–H groups in total. The summed E-state index contributed by atoms with van der Waals surface area (Å²) in [4.78, 5) is 23.6. The van der Waals surface area contributed by atoms with Crippen LogP contribution >= 0.6 is 22.7 Å². The van der Waals surface area contributed by atoms with Gasteiger partial charge in [-0.15, -0.1) is 22.7 Å². The van der Waals surface area contributed by atoms with Crippen LogP contribution in [0.3, 0.4) is 0 Å². The van der Waals surface area contributed by atoms with E-state index in [1.807, 2.05) is 11.4 Å². The van der Waals surface area contributed by atoms with Crippen LogP contribution in [0.1, 0.15) is 20.0 Å². The summed E-state index contributed by atoms with van der Waals surface area (Å²) in [5.74, 6) is -1.67. The number of aromatic hydroxyl groups is 1. The third-order valence-electron chi connectivity index (χ3n) is 2.85. The standard InChI is InChI=1S/C14H9NO4S2/c16-9-2-1-7(14(18)19)5-8(9)15-13(17)12-6-11-10(21-12)3-4-20-11/h1-6,16H,(H,15,17)(H,18,19). The Hall–Kier alpha value is -2.38. The van der Waals surface area contributed by atoms with Crippen LogP contribution in [-0.4, -0.2) is 22.1 Å². The zero-order chi connectivity index (χ0) is 15.0. The van der Waals surface area contributed by atoms with Gasteiger partial charge in [0, 0.05) is 9.40 Å². The van der Waals surface area contributed by atoms with Crippen molar-refractivity contribution >= 4 is 49.6 Å². The number of hydrogen-bond acceptors (Lipinski definition) is 5. The van der Waals surface area contributed by atoms with Gasteiger partial charge in [-0.2, -0.15) is 0 Å². The number of carbonyl (C=O) groups excluding carboxylic acids is 1. The number of carboxylic acids is 1. The number of thiophene rings is 2. The summed E-state index contributed by atoms with van der Waals surface area (Å²) in [5, 5.41) is 23.1. The Morgan fingerprint density at radius 2 is 1.90 bits per heavy atom. The van der Waals surface area contributed by atoms with Crippen molar-refractivity contribution in [2.24, 2.45) is 0 Å². The molecule has 0 aliphatic heterocycles. The van der Waals surface area contributed by atoms with Gasteiger partial charge in [0.1, 0.15) is 5.75 Å². The predicted octanol–water partition coefficient (Wildman–Crippen LogP) is 3.62. The second-order valence-corrected chi connectivity index (χ2v) is 6.28. The monoisotopic (exact) mass is 319 g/mol. The largest absolute Gasteiger partial charge is 0.506 e. The van der Waals surface area contributed by atoms with Crippen molar-refractivity contribution in [1.29, 1.82) is 0 Å². The molecule has 0 atom stereocenters. The van der Waals surface area contributed by atoms with Gasteiger partial charge in [-0.25, -0.2) is 4.79 Å². The molecule has 2 aromatic heterocycles. The van der Waals surface area contributed by atoms with E-state index in [4.69, 9.17) is 5.11 Å². The molecule has 0 fully saturated rings. The third kappa shape index (κ3) is 2.61. The Kier molecular flexibility index (Phi) is 3.36. The lowest BCUT2D eigenvalue weighted by molar-refractivity contribution is 0.0696. The van der Waals surface area contributed by atoms with Gasteiger partial charge in [0.2, 0.25) is 0 Å². The van der Waals surface area contributed by atoms with Crippen LogP contribution in [0.15, 0.2) is 35.7 Å². The van der Waals surface area contributed by atoms with Gasteiger partial charge in [-0.3, -0.25) is 4.79 Å². The summed E-state index contributed by atoms with van der Waals surface area (Å²) in [6.45, 7) is 0. The van der Waals surface area contributed by atoms with Crippen LogP contribution in [0, 0.1) is 0 Å². The average molecular weight is 319 g/mol. The smallest absolute Gasteiger partial charge is 0.335 e. The lowest BCUT2D eigenvalue weighted by Gasteiger charge is -2.07. The van der Waals surface area contributed by atoms with Crippen LogP contribution in [0.25, 0.3) is 9.40 Å². The van der Waals surface area contributed by atoms with Gasteiger partial charge in [-0.05, 0) is 35.7 Å². The first kappa shape index (κ1) is 13.6. The summed E-state index contributed by atoms with van der Waals surface area (Å²) in [6.07, 6.45) is 0. The maximum absolute atomic E-state index is 12.2. The molecule has 0 saturated carbocycles. The maximum Gasteiger partial charge on any atom is 0.335 e. The van der Waals surface area contributed by atoms with Gasteiger partial charge in [-0.1, -0.05) is 0 Å². The van der Waals surface area contributed by atoms with Gasteiger partial charge >= 0.3 is 5.97 Å². The summed E-state index contributed by atoms with van der Waals surface area (Å²) >= 11 is 2.89. The van der Waals surface area contributed by atoms with Crippen molar-refractivity contribution in [3.63, 3.8) is 0 Å². The molecule has 0 radical (unpaired) electrons. The van der Waals surface area contributed by atoms with E-state index in [2.05, 4.69) is 5.32 Å². The van der Waals surface area contributed by atoms with E-state index >= 15 is 0 Å². The quantitative estimate of drug-likeness (QED) is 0.644. The fourth-order valence-corrected chi connectivity index (χ4v) is 3.83. The zero-order valence-corrected chi connectivity index (χ0v) is 12.1. The topological polar surface area (TPSA) is 86.6 Å². The number of rotatable bonds is 3. The van der Waals surface area contributed by atoms with E-state index in [1.165, 1.54) is 29.5 Å². The number of anilines is 1. The number of amides is 1. The molecule has 21 heavy (non-hydrogen) atoms. The van der Waals surface area contributed by atoms with Gasteiger partial charge in [0.25, 0.3) is 5.91 Å². The van der Waals surface area contributed by atoms with Gasteiger partial charge < -0.3 is 15.5 Å². The molecule has 3 rings (SSSR count). The van der Waals surface area contributed by atoms with Crippen LogP contribution in [0.5, 0.6) is 5.75 Å². The number of fused-ring (bicyclic) bond motifs is 1. The minimum atomic E-state index is -1.12. The second-order valence-electron chi connectivity index (χ2n) is 4.25. The molecule has 106 valence electrons. The highest BCUT2D eigenvalue weighted by molar-refractivity contribution is 7.27. The molecule has 0 bridgehead atoms. The van der Waals surface area contributed by atoms with Crippen LogP contribution < -0.4 is 5.32 Å². The molecule has 0 aliphatic carbocycles. The molecule has 0 spiro atoms. The molecule has 0 saturated heterocycles. The number of nitrogens with one attached hydrogen (secondary N) is 1. The van der Waals surface area contributed by atoms with Crippen LogP contribution in [0.2, 0.25) is 0 Å². The highest BCUT2D eigenvalue weighted by Crippen LogP contribution is 2.31. The second kappa shape index (κ2) is 5.19. The Morgan fingerprint density at radius 3 is 2.62 bits per heavy atom. The van der Waals surface area contributed by atoms with Crippen LogP contribution in [0.4, 0.5) is 5.69 Å². The van der Waals surface area contributed by atoms with Crippen LogP contribution in [-0.2, 0) is 0 Å². The lowest BCUT2D eigenvalue weighted by atomic mass is 10.2. The fourth-order valence-electron chi connectivity index (χ4n) is 1.83. The van der Waals surface area contributed by atoms with E-state index < -0.39 is 5.97 Å². The van der Waals surface area contributed by atoms with Crippen molar-refractivity contribution in [1.82, 2.24) is 0 Å². The van der Waals surface area contributed by atoms with E-state index in [0.717, 1.165) is 9.40 Å². The highest BCUT2D eigenvalue weighted by atomic mass is 32.1. The molecule has 7 heteroatoms. The molecule has 5 nitrogen and oxygen atoms in total. The Morgan fingerprint density at radius 1 is 1.10 bits per heavy atom. The number of aromatic carboxylic acids is 1. The SMILES string of the molecule is O=C(O)c1ccc(O)c(NC(=O)c2cc3sccc3s2)c1. The molecular weight excluding hydrogens is 310 g/mol. The molecular formula is C14H9NO4S2. The summed E-state index contributed by atoms with van der Waals surface area (Å²) in [7, 11) is 0. The first-order chi connectivity index (χ1) is 10.0. The summed E-state index contributed by atoms with van der Waals surface area (Å²) < 4.78 is 2.04. The zero-order valence-electron chi connectivity index (χ0n) is 10.5. The molecule has 3 aromatic rings. The number of hydrogen-bond donors (Lipinski definition) is 3. The first-order valence-corrected chi connectivity index (χ1v) is 7.59. The molecule has 1 amide bonds. The molecule has 1 aromatic carbocycles. The Balaban J connectivity index is 1.88. The van der Waals surface area contributed by atoms with E-state index in [0.29, 0.717) is 4.88 Å². The van der Waals surface area contributed by atoms with Crippen molar-refractivity contribution in [2.45, 2.75) is 0 Å². The van der Waals surface area contributed by atoms with E-state index in [1.54, 1.807) is 17.4 Å². The van der Waals surface area contributed by atoms with Gasteiger partial charge in [0.05, 0.1) is 16.1 Å². The van der Waals surface area contributed by atoms with Crippen molar-refractivity contribution in [2.75, 3.05) is 5.32 Å². The van der Waals surface area contributed by atoms with Crippen molar-refractivity contribution < 1.29 is 19.8 Å². The van der Waals surface area contributed by atoms with Gasteiger partial charge in [0.15, 0.2) is 0 Å². The summed E-state index contributed by atoms with van der Waals surface area (Å²) in [5.41, 5.74) is 0.0758. The van der Waals surface area contributed by atoms with Crippen molar-refractivity contribution in [3.8, 4) is 5.75 Å². The predicted molar refractivity (Wildman–Crippen MR) is 82.7 cm³/mol. The van der Waals surface area contributed by atoms with E-state index in [9.17, 15) is 14.7 Å². The Labute approximate surface area is 127 Å². The average Bonchev–Trinajstić information content (AvgIpc) is 3.01. The fraction of sp³-hybridized carbons (Fsp3) is 0. The van der Waals surface area contributed by atoms with Crippen molar-refractivity contribution in [3.05, 3.63) is 46.2 Å². The molecule has 0 unspecified atom stereocenters. The van der Waals surface area contributed by atoms with E-state index in [-0.39, 0.29) is 22.9 Å². The number of carboxylic acid groups (broad SMARTS) is 1. The number of benzene rings is 1. The minimum absolute atomic E-state index is 0.00439. The number of phenolic OH excluding ortho intramolecular Hbond substituents is 1. The number of carbonyl (C=O) groups is 2. The minimum Gasteiger partial charge on any atom is -0.506 e. The number of phenols is 1. The normalized spacial score (nSPS) is 10.7. The first-order valence-electron chi connectivity index (χ1n) is 5.89. The summed E-state index contributed by atoms with van der Waals surface area (Å²) in [6, 6.07) is 7.45. The highest BCUT2D eigenvalue weighted by Gasteiger charge is 2.14. The lowest BCUT2D eigenvalue weighted by Crippen LogP contribution is -2.11.